The molecule has 1 fully saturated rings. The number of aryl methyl sites for hydroxylation is 1. The summed E-state index contributed by atoms with van der Waals surface area (Å²) in [7, 11) is -3.82. The third-order valence-corrected chi connectivity index (χ3v) is 8.37. The van der Waals surface area contributed by atoms with Gasteiger partial charge in [0.1, 0.15) is 5.82 Å². The molecule has 170 valence electrons. The molecule has 0 saturated carbocycles. The SMILES string of the molecule is CCOC(=O)C1CCCN(S(=O)(=O)c2cc(-c3nc(-c4cccc(F)c4)no3)sc2C)C1. The van der Waals surface area contributed by atoms with Crippen LogP contribution in [-0.4, -0.2) is 48.5 Å². The Bertz CT molecular complexity index is 1240. The summed E-state index contributed by atoms with van der Waals surface area (Å²) in [5.41, 5.74) is 0.458. The summed E-state index contributed by atoms with van der Waals surface area (Å²) in [6, 6.07) is 7.32. The summed E-state index contributed by atoms with van der Waals surface area (Å²) < 4.78 is 51.8. The zero-order chi connectivity index (χ0) is 22.9. The van der Waals surface area contributed by atoms with Crippen molar-refractivity contribution in [3.8, 4) is 22.2 Å². The third-order valence-electron chi connectivity index (χ3n) is 5.21. The molecule has 1 aromatic carbocycles. The van der Waals surface area contributed by atoms with Crippen molar-refractivity contribution in [1.29, 1.82) is 0 Å². The van der Waals surface area contributed by atoms with Crippen LogP contribution in [-0.2, 0) is 19.6 Å². The molecular weight excluding hydrogens is 457 g/mol. The molecule has 11 heteroatoms. The van der Waals surface area contributed by atoms with E-state index in [1.165, 1.54) is 33.8 Å². The quantitative estimate of drug-likeness (QED) is 0.495. The Kier molecular flexibility index (Phi) is 6.40. The average molecular weight is 480 g/mol. The van der Waals surface area contributed by atoms with E-state index in [-0.39, 0.29) is 35.7 Å². The summed E-state index contributed by atoms with van der Waals surface area (Å²) in [6.07, 6.45) is 1.18. The van der Waals surface area contributed by atoms with Crippen LogP contribution in [0.4, 0.5) is 4.39 Å². The van der Waals surface area contributed by atoms with Gasteiger partial charge < -0.3 is 9.26 Å². The van der Waals surface area contributed by atoms with Crippen LogP contribution in [0.15, 0.2) is 39.8 Å². The Balaban J connectivity index is 1.59. The van der Waals surface area contributed by atoms with Crippen molar-refractivity contribution >= 4 is 27.3 Å². The number of aromatic nitrogens is 2. The van der Waals surface area contributed by atoms with Crippen LogP contribution in [0.3, 0.4) is 0 Å². The number of sulfonamides is 1. The molecule has 32 heavy (non-hydrogen) atoms. The van der Waals surface area contributed by atoms with Gasteiger partial charge in [0.05, 0.1) is 22.3 Å². The second kappa shape index (κ2) is 9.08. The van der Waals surface area contributed by atoms with Gasteiger partial charge >= 0.3 is 5.97 Å². The number of benzene rings is 1. The van der Waals surface area contributed by atoms with E-state index in [0.29, 0.717) is 34.7 Å². The Labute approximate surface area is 189 Å². The molecule has 1 saturated heterocycles. The van der Waals surface area contributed by atoms with Gasteiger partial charge in [0, 0.05) is 23.5 Å². The molecule has 0 bridgehead atoms. The predicted molar refractivity (Wildman–Crippen MR) is 116 cm³/mol. The van der Waals surface area contributed by atoms with Crippen molar-refractivity contribution in [1.82, 2.24) is 14.4 Å². The van der Waals surface area contributed by atoms with Gasteiger partial charge in [0.2, 0.25) is 15.8 Å². The molecule has 0 spiro atoms. The van der Waals surface area contributed by atoms with Gasteiger partial charge in [-0.1, -0.05) is 17.3 Å². The van der Waals surface area contributed by atoms with Crippen LogP contribution in [0.1, 0.15) is 24.6 Å². The molecule has 1 unspecified atom stereocenters. The van der Waals surface area contributed by atoms with E-state index in [4.69, 9.17) is 9.26 Å². The van der Waals surface area contributed by atoms with Crippen molar-refractivity contribution in [2.75, 3.05) is 19.7 Å². The van der Waals surface area contributed by atoms with E-state index in [0.717, 1.165) is 0 Å². The van der Waals surface area contributed by atoms with Crippen LogP contribution in [0.2, 0.25) is 0 Å². The number of nitrogens with zero attached hydrogens (tertiary/aromatic N) is 3. The summed E-state index contributed by atoms with van der Waals surface area (Å²) in [5.74, 6) is -0.894. The molecule has 1 aliphatic rings. The van der Waals surface area contributed by atoms with Crippen molar-refractivity contribution in [2.45, 2.75) is 31.6 Å². The van der Waals surface area contributed by atoms with E-state index in [2.05, 4.69) is 10.1 Å². The Hall–Kier alpha value is -2.63. The highest BCUT2D eigenvalue weighted by Crippen LogP contribution is 2.36. The fraction of sp³-hybridized carbons (Fsp3) is 0.381. The minimum absolute atomic E-state index is 0.0933. The van der Waals surface area contributed by atoms with Gasteiger partial charge in [-0.05, 0) is 44.9 Å². The molecule has 0 N–H and O–H groups in total. The zero-order valence-corrected chi connectivity index (χ0v) is 19.2. The first kappa shape index (κ1) is 22.6. The first-order valence-corrected chi connectivity index (χ1v) is 12.4. The summed E-state index contributed by atoms with van der Waals surface area (Å²) in [5, 5.41) is 3.88. The molecule has 1 aliphatic heterocycles. The van der Waals surface area contributed by atoms with Gasteiger partial charge in [-0.3, -0.25) is 4.79 Å². The number of thiophene rings is 1. The molecule has 1 atom stereocenters. The van der Waals surface area contributed by atoms with Crippen molar-refractivity contribution in [3.05, 3.63) is 41.0 Å². The standard InChI is InChI=1S/C21H22FN3O5S2/c1-3-29-21(26)15-7-5-9-25(12-15)32(27,28)18-11-17(31-13(18)2)20-23-19(24-30-20)14-6-4-8-16(22)10-14/h4,6,8,10-11,15H,3,5,7,9,12H2,1-2H3. The van der Waals surface area contributed by atoms with Crippen LogP contribution in [0, 0.1) is 18.7 Å². The lowest BCUT2D eigenvalue weighted by Gasteiger charge is -2.30. The topological polar surface area (TPSA) is 103 Å². The smallest absolute Gasteiger partial charge is 0.310 e. The van der Waals surface area contributed by atoms with E-state index in [1.807, 2.05) is 0 Å². The first-order valence-electron chi connectivity index (χ1n) is 10.2. The first-order chi connectivity index (χ1) is 15.3. The number of rotatable bonds is 6. The molecule has 2 aromatic heterocycles. The molecule has 8 nitrogen and oxygen atoms in total. The highest BCUT2D eigenvalue weighted by Gasteiger charge is 2.35. The highest BCUT2D eigenvalue weighted by atomic mass is 32.2. The fourth-order valence-corrected chi connectivity index (χ4v) is 6.65. The van der Waals surface area contributed by atoms with Crippen LogP contribution in [0.25, 0.3) is 22.2 Å². The van der Waals surface area contributed by atoms with E-state index in [9.17, 15) is 17.6 Å². The summed E-state index contributed by atoms with van der Waals surface area (Å²) in [6.45, 7) is 4.13. The van der Waals surface area contributed by atoms with Gasteiger partial charge in [0.25, 0.3) is 5.89 Å². The molecular formula is C21H22FN3O5S2. The van der Waals surface area contributed by atoms with Gasteiger partial charge in [0.15, 0.2) is 0 Å². The monoisotopic (exact) mass is 479 g/mol. The predicted octanol–water partition coefficient (Wildman–Crippen LogP) is 3.88. The van der Waals surface area contributed by atoms with E-state index in [1.54, 1.807) is 26.0 Å². The van der Waals surface area contributed by atoms with Crippen LogP contribution in [0.5, 0.6) is 0 Å². The maximum absolute atomic E-state index is 13.5. The van der Waals surface area contributed by atoms with E-state index < -0.39 is 21.8 Å². The average Bonchev–Trinajstić information content (AvgIpc) is 3.41. The third kappa shape index (κ3) is 4.45. The second-order valence-corrected chi connectivity index (χ2v) is 10.6. The number of esters is 1. The van der Waals surface area contributed by atoms with Crippen molar-refractivity contribution in [2.24, 2.45) is 5.92 Å². The molecule has 4 rings (SSSR count). The lowest BCUT2D eigenvalue weighted by atomic mass is 10.0. The Morgan fingerprint density at radius 1 is 1.38 bits per heavy atom. The van der Waals surface area contributed by atoms with Gasteiger partial charge in [-0.15, -0.1) is 11.3 Å². The minimum Gasteiger partial charge on any atom is -0.466 e. The summed E-state index contributed by atoms with van der Waals surface area (Å²) in [4.78, 5) is 17.6. The number of hydrogen-bond donors (Lipinski definition) is 0. The number of piperidine rings is 1. The van der Waals surface area contributed by atoms with Gasteiger partial charge in [-0.25, -0.2) is 12.8 Å². The normalized spacial score (nSPS) is 17.4. The number of ether oxygens (including phenoxy) is 1. The maximum atomic E-state index is 13.5. The number of halogens is 1. The van der Waals surface area contributed by atoms with Gasteiger partial charge in [-0.2, -0.15) is 9.29 Å². The Morgan fingerprint density at radius 2 is 2.19 bits per heavy atom. The molecule has 0 amide bonds. The minimum atomic E-state index is -3.82. The second-order valence-electron chi connectivity index (χ2n) is 7.42. The summed E-state index contributed by atoms with van der Waals surface area (Å²) >= 11 is 1.22. The molecule has 3 heterocycles. The lowest BCUT2D eigenvalue weighted by molar-refractivity contribution is -0.149. The largest absolute Gasteiger partial charge is 0.466 e. The Morgan fingerprint density at radius 3 is 2.94 bits per heavy atom. The molecule has 0 aliphatic carbocycles. The number of carbonyl (C=O) groups is 1. The number of carbonyl (C=O) groups excluding carboxylic acids is 1. The molecule has 0 radical (unpaired) electrons. The van der Waals surface area contributed by atoms with Crippen LogP contribution < -0.4 is 0 Å². The molecule has 3 aromatic rings. The maximum Gasteiger partial charge on any atom is 0.310 e. The van der Waals surface area contributed by atoms with Crippen molar-refractivity contribution in [3.63, 3.8) is 0 Å². The zero-order valence-electron chi connectivity index (χ0n) is 17.6. The van der Waals surface area contributed by atoms with E-state index >= 15 is 0 Å². The number of hydrogen-bond acceptors (Lipinski definition) is 8. The fourth-order valence-electron chi connectivity index (χ4n) is 3.65. The van der Waals surface area contributed by atoms with Crippen molar-refractivity contribution < 1.29 is 26.9 Å². The highest BCUT2D eigenvalue weighted by molar-refractivity contribution is 7.89. The lowest BCUT2D eigenvalue weighted by Crippen LogP contribution is -2.42. The van der Waals surface area contributed by atoms with Crippen LogP contribution >= 0.6 is 11.3 Å².